The molecule has 0 spiro atoms. The summed E-state index contributed by atoms with van der Waals surface area (Å²) in [6, 6.07) is 4.62. The first kappa shape index (κ1) is 18.9. The smallest absolute Gasteiger partial charge is 0.335 e. The minimum atomic E-state index is -1.09. The summed E-state index contributed by atoms with van der Waals surface area (Å²) in [5, 5.41) is 8.26. The molecule has 1 heterocycles. The van der Waals surface area contributed by atoms with Crippen LogP contribution in [0.1, 0.15) is 23.7 Å². The van der Waals surface area contributed by atoms with Crippen LogP contribution in [0.5, 0.6) is 0 Å². The van der Waals surface area contributed by atoms with Crippen molar-refractivity contribution in [1.29, 1.82) is 0 Å². The Balaban J connectivity index is 2.02. The molecular formula is C16H18N2O6S. The number of aromatic carboxylic acids is 1. The number of imide groups is 1. The van der Waals surface area contributed by atoms with Crippen molar-refractivity contribution in [2.24, 2.45) is 5.73 Å². The molecule has 0 radical (unpaired) electrons. The van der Waals surface area contributed by atoms with Crippen LogP contribution < -0.4 is 10.6 Å². The lowest BCUT2D eigenvalue weighted by Crippen LogP contribution is -2.36. The number of ether oxygens (including phenoxy) is 1. The summed E-state index contributed by atoms with van der Waals surface area (Å²) >= 11 is 1.13. The van der Waals surface area contributed by atoms with E-state index in [1.54, 1.807) is 6.92 Å². The lowest BCUT2D eigenvalue weighted by Gasteiger charge is -2.16. The molecule has 0 unspecified atom stereocenters. The van der Waals surface area contributed by atoms with Gasteiger partial charge in [0, 0.05) is 12.2 Å². The minimum Gasteiger partial charge on any atom is -0.478 e. The predicted molar refractivity (Wildman–Crippen MR) is 91.4 cm³/mol. The molecular weight excluding hydrogens is 348 g/mol. The summed E-state index contributed by atoms with van der Waals surface area (Å²) in [6.45, 7) is 1.89. The Hall–Kier alpha value is -2.39. The van der Waals surface area contributed by atoms with Gasteiger partial charge in [-0.1, -0.05) is 0 Å². The van der Waals surface area contributed by atoms with Gasteiger partial charge in [0.25, 0.3) is 0 Å². The number of carboxylic acid groups (broad SMARTS) is 1. The van der Waals surface area contributed by atoms with E-state index < -0.39 is 29.1 Å². The normalized spacial score (nSPS) is 18.3. The van der Waals surface area contributed by atoms with E-state index in [4.69, 9.17) is 15.6 Å². The third-order valence-electron chi connectivity index (χ3n) is 3.54. The van der Waals surface area contributed by atoms with Gasteiger partial charge < -0.3 is 15.6 Å². The highest BCUT2D eigenvalue weighted by molar-refractivity contribution is 8.00. The fourth-order valence-corrected chi connectivity index (χ4v) is 3.38. The number of nitrogens with two attached hydrogens (primary N) is 1. The Bertz CT molecular complexity index is 690. The SMILES string of the molecule is CCOC(=O)[C@@H](N)CS[C@H]1CC(=O)N(c2ccc(C(=O)O)cc2)C1=O. The molecule has 25 heavy (non-hydrogen) atoms. The van der Waals surface area contributed by atoms with Crippen molar-refractivity contribution >= 4 is 41.2 Å². The third-order valence-corrected chi connectivity index (χ3v) is 4.87. The van der Waals surface area contributed by atoms with Crippen molar-refractivity contribution in [3.63, 3.8) is 0 Å². The van der Waals surface area contributed by atoms with E-state index in [9.17, 15) is 19.2 Å². The van der Waals surface area contributed by atoms with E-state index in [1.165, 1.54) is 24.3 Å². The monoisotopic (exact) mass is 366 g/mol. The molecule has 0 aliphatic carbocycles. The average molecular weight is 366 g/mol. The molecule has 9 heteroatoms. The molecule has 0 bridgehead atoms. The quantitative estimate of drug-likeness (QED) is 0.532. The van der Waals surface area contributed by atoms with Crippen LogP contribution in [0.2, 0.25) is 0 Å². The lowest BCUT2D eigenvalue weighted by molar-refractivity contribution is -0.144. The second-order valence-corrected chi connectivity index (χ2v) is 6.54. The number of benzene rings is 1. The van der Waals surface area contributed by atoms with E-state index in [0.29, 0.717) is 5.69 Å². The van der Waals surface area contributed by atoms with Gasteiger partial charge in [0.05, 0.1) is 23.1 Å². The van der Waals surface area contributed by atoms with Crippen LogP contribution in [-0.4, -0.2) is 52.5 Å². The Morgan fingerprint density at radius 3 is 2.56 bits per heavy atom. The number of carbonyl (C=O) groups is 4. The molecule has 1 aromatic rings. The number of esters is 1. The topological polar surface area (TPSA) is 127 Å². The van der Waals surface area contributed by atoms with Gasteiger partial charge in [-0.2, -0.15) is 0 Å². The van der Waals surface area contributed by atoms with Gasteiger partial charge in [-0.25, -0.2) is 9.69 Å². The van der Waals surface area contributed by atoms with Gasteiger partial charge >= 0.3 is 11.9 Å². The number of thioether (sulfide) groups is 1. The number of carboxylic acids is 1. The van der Waals surface area contributed by atoms with Crippen molar-refractivity contribution < 1.29 is 29.0 Å². The summed E-state index contributed by atoms with van der Waals surface area (Å²) in [6.07, 6.45) is -0.000270. The van der Waals surface area contributed by atoms with E-state index in [0.717, 1.165) is 16.7 Å². The Morgan fingerprint density at radius 1 is 1.36 bits per heavy atom. The van der Waals surface area contributed by atoms with Crippen LogP contribution in [0.4, 0.5) is 5.69 Å². The highest BCUT2D eigenvalue weighted by Crippen LogP contribution is 2.30. The summed E-state index contributed by atoms with van der Waals surface area (Å²) in [5.41, 5.74) is 6.07. The second-order valence-electron chi connectivity index (χ2n) is 5.30. The Morgan fingerprint density at radius 2 is 2.00 bits per heavy atom. The molecule has 2 atom stereocenters. The highest BCUT2D eigenvalue weighted by atomic mass is 32.2. The number of anilines is 1. The van der Waals surface area contributed by atoms with Crippen LogP contribution in [-0.2, 0) is 19.1 Å². The van der Waals surface area contributed by atoms with Gasteiger partial charge in [-0.15, -0.1) is 11.8 Å². The van der Waals surface area contributed by atoms with Gasteiger partial charge in [-0.3, -0.25) is 14.4 Å². The molecule has 1 aliphatic rings. The van der Waals surface area contributed by atoms with Gasteiger partial charge in [0.15, 0.2) is 0 Å². The van der Waals surface area contributed by atoms with E-state index in [1.807, 2.05) is 0 Å². The van der Waals surface area contributed by atoms with Crippen LogP contribution in [0.15, 0.2) is 24.3 Å². The Labute approximate surface area is 148 Å². The van der Waals surface area contributed by atoms with E-state index in [-0.39, 0.29) is 30.3 Å². The molecule has 134 valence electrons. The summed E-state index contributed by atoms with van der Waals surface area (Å²) in [4.78, 5) is 48.0. The first-order chi connectivity index (χ1) is 11.8. The molecule has 1 fully saturated rings. The molecule has 1 aromatic carbocycles. The minimum absolute atomic E-state index is 0.000270. The molecule has 2 rings (SSSR count). The standard InChI is InChI=1S/C16H18N2O6S/c1-2-24-16(23)11(17)8-25-12-7-13(19)18(14(12)20)10-5-3-9(4-6-10)15(21)22/h3-6,11-12H,2,7-8,17H2,1H3,(H,21,22)/t11-,12-/m0/s1. The van der Waals surface area contributed by atoms with Crippen molar-refractivity contribution in [1.82, 2.24) is 0 Å². The van der Waals surface area contributed by atoms with Gasteiger partial charge in [0.1, 0.15) is 6.04 Å². The predicted octanol–water partition coefficient (Wildman–Crippen LogP) is 0.640. The number of amides is 2. The van der Waals surface area contributed by atoms with Crippen LogP contribution in [0.25, 0.3) is 0 Å². The fourth-order valence-electron chi connectivity index (χ4n) is 2.30. The maximum absolute atomic E-state index is 12.5. The van der Waals surface area contributed by atoms with Crippen molar-refractivity contribution in [3.8, 4) is 0 Å². The van der Waals surface area contributed by atoms with Gasteiger partial charge in [0.2, 0.25) is 11.8 Å². The molecule has 1 saturated heterocycles. The third kappa shape index (κ3) is 4.37. The maximum Gasteiger partial charge on any atom is 0.335 e. The molecule has 8 nitrogen and oxygen atoms in total. The molecule has 2 amide bonds. The van der Waals surface area contributed by atoms with Crippen molar-refractivity contribution in [2.45, 2.75) is 24.6 Å². The molecule has 0 aromatic heterocycles. The van der Waals surface area contributed by atoms with Crippen molar-refractivity contribution in [2.75, 3.05) is 17.3 Å². The highest BCUT2D eigenvalue weighted by Gasteiger charge is 2.40. The van der Waals surface area contributed by atoms with Crippen LogP contribution in [0, 0.1) is 0 Å². The van der Waals surface area contributed by atoms with Crippen molar-refractivity contribution in [3.05, 3.63) is 29.8 Å². The first-order valence-corrected chi connectivity index (χ1v) is 8.64. The number of nitrogens with zero attached hydrogens (tertiary/aromatic N) is 1. The van der Waals surface area contributed by atoms with Crippen LogP contribution >= 0.6 is 11.8 Å². The zero-order valence-corrected chi connectivity index (χ0v) is 14.3. The number of rotatable bonds is 7. The van der Waals surface area contributed by atoms with Crippen LogP contribution in [0.3, 0.4) is 0 Å². The number of hydrogen-bond acceptors (Lipinski definition) is 7. The average Bonchev–Trinajstić information content (AvgIpc) is 2.86. The zero-order chi connectivity index (χ0) is 18.6. The maximum atomic E-state index is 12.5. The van der Waals surface area contributed by atoms with Gasteiger partial charge in [-0.05, 0) is 31.2 Å². The number of hydrogen-bond donors (Lipinski definition) is 2. The lowest BCUT2D eigenvalue weighted by atomic mass is 10.2. The largest absolute Gasteiger partial charge is 0.478 e. The first-order valence-electron chi connectivity index (χ1n) is 7.59. The summed E-state index contributed by atoms with van der Waals surface area (Å²) < 4.78 is 4.80. The summed E-state index contributed by atoms with van der Waals surface area (Å²) in [7, 11) is 0. The molecule has 0 saturated carbocycles. The molecule has 3 N–H and O–H groups in total. The van der Waals surface area contributed by atoms with E-state index in [2.05, 4.69) is 0 Å². The van der Waals surface area contributed by atoms with E-state index >= 15 is 0 Å². The molecule has 1 aliphatic heterocycles. The zero-order valence-electron chi connectivity index (χ0n) is 13.5. The Kier molecular flexibility index (Phi) is 6.16. The number of carbonyl (C=O) groups excluding carboxylic acids is 3. The fraction of sp³-hybridized carbons (Fsp3) is 0.375. The second kappa shape index (κ2) is 8.13. The summed E-state index contributed by atoms with van der Waals surface area (Å²) in [5.74, 6) is -2.27.